The van der Waals surface area contributed by atoms with Gasteiger partial charge in [-0.25, -0.2) is 4.68 Å². The second-order valence-corrected chi connectivity index (χ2v) is 5.06. The number of carbonyl (C=O) groups is 1. The lowest BCUT2D eigenvalue weighted by atomic mass is 10.2. The highest BCUT2D eigenvalue weighted by atomic mass is 16.5. The monoisotopic (exact) mass is 339 g/mol. The molecule has 0 unspecified atom stereocenters. The fourth-order valence-electron chi connectivity index (χ4n) is 2.23. The molecule has 0 atom stereocenters. The minimum atomic E-state index is -0.196. The zero-order valence-corrected chi connectivity index (χ0v) is 13.6. The topological polar surface area (TPSA) is 91.2 Å². The van der Waals surface area contributed by atoms with Gasteiger partial charge < -0.3 is 14.8 Å². The number of ether oxygens (including phenoxy) is 2. The van der Waals surface area contributed by atoms with Crippen LogP contribution in [0.25, 0.3) is 5.69 Å². The van der Waals surface area contributed by atoms with E-state index in [-0.39, 0.29) is 5.91 Å². The van der Waals surface area contributed by atoms with E-state index in [4.69, 9.17) is 9.47 Å². The van der Waals surface area contributed by atoms with Crippen molar-refractivity contribution in [2.24, 2.45) is 0 Å². The van der Waals surface area contributed by atoms with E-state index in [1.165, 1.54) is 11.0 Å². The molecule has 0 spiro atoms. The SMILES string of the molecule is COc1ccccc1OCCNC(=O)c1cccc(-n2cnnn2)c1. The summed E-state index contributed by atoms with van der Waals surface area (Å²) in [7, 11) is 1.58. The Kier molecular flexibility index (Phi) is 5.20. The Morgan fingerprint density at radius 3 is 2.76 bits per heavy atom. The van der Waals surface area contributed by atoms with E-state index < -0.39 is 0 Å². The number of nitrogens with one attached hydrogen (secondary N) is 1. The first kappa shape index (κ1) is 16.4. The molecule has 0 radical (unpaired) electrons. The quantitative estimate of drug-likeness (QED) is 0.656. The Balaban J connectivity index is 1.54. The van der Waals surface area contributed by atoms with Gasteiger partial charge in [-0.2, -0.15) is 0 Å². The molecule has 1 amide bonds. The Labute approximate surface area is 144 Å². The van der Waals surface area contributed by atoms with Crippen molar-refractivity contribution < 1.29 is 14.3 Å². The van der Waals surface area contributed by atoms with Crippen LogP contribution in [0.1, 0.15) is 10.4 Å². The number of carbonyl (C=O) groups excluding carboxylic acids is 1. The number of rotatable bonds is 7. The minimum Gasteiger partial charge on any atom is -0.493 e. The molecule has 1 aromatic heterocycles. The van der Waals surface area contributed by atoms with Gasteiger partial charge in [0.05, 0.1) is 19.3 Å². The number of tetrazole rings is 1. The van der Waals surface area contributed by atoms with Gasteiger partial charge in [0.25, 0.3) is 5.91 Å². The van der Waals surface area contributed by atoms with Gasteiger partial charge in [0.1, 0.15) is 12.9 Å². The minimum absolute atomic E-state index is 0.196. The third-order valence-electron chi connectivity index (χ3n) is 3.44. The number of para-hydroxylation sites is 2. The molecule has 0 fully saturated rings. The van der Waals surface area contributed by atoms with Crippen LogP contribution in [0.5, 0.6) is 11.5 Å². The number of hydrogen-bond donors (Lipinski definition) is 1. The van der Waals surface area contributed by atoms with Crippen molar-refractivity contribution in [3.63, 3.8) is 0 Å². The molecule has 0 saturated heterocycles. The summed E-state index contributed by atoms with van der Waals surface area (Å²) < 4.78 is 12.3. The number of hydrogen-bond acceptors (Lipinski definition) is 6. The Hall–Kier alpha value is -3.42. The summed E-state index contributed by atoms with van der Waals surface area (Å²) in [4.78, 5) is 12.2. The van der Waals surface area contributed by atoms with E-state index in [0.29, 0.717) is 35.9 Å². The Morgan fingerprint density at radius 2 is 2.00 bits per heavy atom. The number of aromatic nitrogens is 4. The predicted molar refractivity (Wildman–Crippen MR) is 90.0 cm³/mol. The van der Waals surface area contributed by atoms with Crippen LogP contribution in [0.4, 0.5) is 0 Å². The number of benzene rings is 2. The average Bonchev–Trinajstić information content (AvgIpc) is 3.20. The summed E-state index contributed by atoms with van der Waals surface area (Å²) in [5.41, 5.74) is 1.23. The number of amides is 1. The number of nitrogens with zero attached hydrogens (tertiary/aromatic N) is 4. The summed E-state index contributed by atoms with van der Waals surface area (Å²) in [5.74, 6) is 1.10. The normalized spacial score (nSPS) is 10.3. The van der Waals surface area contributed by atoms with Crippen molar-refractivity contribution in [1.82, 2.24) is 25.5 Å². The predicted octanol–water partition coefficient (Wildman–Crippen LogP) is 1.48. The summed E-state index contributed by atoms with van der Waals surface area (Å²) in [6, 6.07) is 14.4. The highest BCUT2D eigenvalue weighted by Crippen LogP contribution is 2.25. The van der Waals surface area contributed by atoms with Crippen molar-refractivity contribution in [2.45, 2.75) is 0 Å². The molecule has 0 aliphatic heterocycles. The van der Waals surface area contributed by atoms with E-state index in [0.717, 1.165) is 0 Å². The fraction of sp³-hybridized carbons (Fsp3) is 0.176. The molecule has 8 nitrogen and oxygen atoms in total. The van der Waals surface area contributed by atoms with Crippen LogP contribution in [0.3, 0.4) is 0 Å². The molecule has 128 valence electrons. The van der Waals surface area contributed by atoms with Gasteiger partial charge in [0.15, 0.2) is 11.5 Å². The molecule has 1 N–H and O–H groups in total. The smallest absolute Gasteiger partial charge is 0.251 e. The van der Waals surface area contributed by atoms with Gasteiger partial charge >= 0.3 is 0 Å². The van der Waals surface area contributed by atoms with Gasteiger partial charge in [-0.05, 0) is 40.8 Å². The molecular weight excluding hydrogens is 322 g/mol. The summed E-state index contributed by atoms with van der Waals surface area (Å²) in [5, 5.41) is 13.8. The lowest BCUT2D eigenvalue weighted by Gasteiger charge is -2.11. The zero-order chi connectivity index (χ0) is 17.5. The molecule has 3 rings (SSSR count). The number of methoxy groups -OCH3 is 1. The molecule has 0 bridgehead atoms. The van der Waals surface area contributed by atoms with Crippen LogP contribution in [0.2, 0.25) is 0 Å². The summed E-state index contributed by atoms with van der Waals surface area (Å²) in [6.45, 7) is 0.699. The largest absolute Gasteiger partial charge is 0.493 e. The maximum absolute atomic E-state index is 12.2. The molecule has 0 saturated carbocycles. The van der Waals surface area contributed by atoms with Crippen LogP contribution in [-0.2, 0) is 0 Å². The van der Waals surface area contributed by atoms with E-state index in [2.05, 4.69) is 20.8 Å². The van der Waals surface area contributed by atoms with E-state index in [1.54, 1.807) is 25.3 Å². The lowest BCUT2D eigenvalue weighted by Crippen LogP contribution is -2.28. The molecule has 3 aromatic rings. The highest BCUT2D eigenvalue weighted by Gasteiger charge is 2.08. The van der Waals surface area contributed by atoms with E-state index in [9.17, 15) is 4.79 Å². The third-order valence-corrected chi connectivity index (χ3v) is 3.44. The van der Waals surface area contributed by atoms with Gasteiger partial charge in [-0.1, -0.05) is 18.2 Å². The van der Waals surface area contributed by atoms with Crippen LogP contribution in [-0.4, -0.2) is 46.4 Å². The maximum Gasteiger partial charge on any atom is 0.251 e. The van der Waals surface area contributed by atoms with Crippen LogP contribution >= 0.6 is 0 Å². The molecule has 1 heterocycles. The average molecular weight is 339 g/mol. The van der Waals surface area contributed by atoms with Crippen LogP contribution in [0.15, 0.2) is 54.9 Å². The van der Waals surface area contributed by atoms with Crippen LogP contribution in [0, 0.1) is 0 Å². The van der Waals surface area contributed by atoms with Gasteiger partial charge in [0.2, 0.25) is 0 Å². The van der Waals surface area contributed by atoms with Gasteiger partial charge in [-0.3, -0.25) is 4.79 Å². The first-order valence-corrected chi connectivity index (χ1v) is 7.65. The Bertz CT molecular complexity index is 836. The van der Waals surface area contributed by atoms with E-state index in [1.807, 2.05) is 30.3 Å². The first-order valence-electron chi connectivity index (χ1n) is 7.65. The van der Waals surface area contributed by atoms with Crippen molar-refractivity contribution in [2.75, 3.05) is 20.3 Å². The molecule has 0 aliphatic rings. The third kappa shape index (κ3) is 4.11. The van der Waals surface area contributed by atoms with Crippen molar-refractivity contribution >= 4 is 5.91 Å². The molecular formula is C17H17N5O3. The molecule has 8 heteroatoms. The Morgan fingerprint density at radius 1 is 1.16 bits per heavy atom. The second-order valence-electron chi connectivity index (χ2n) is 5.06. The maximum atomic E-state index is 12.2. The van der Waals surface area contributed by atoms with Crippen molar-refractivity contribution in [1.29, 1.82) is 0 Å². The lowest BCUT2D eigenvalue weighted by molar-refractivity contribution is 0.0947. The van der Waals surface area contributed by atoms with Crippen molar-refractivity contribution in [3.05, 3.63) is 60.4 Å². The van der Waals surface area contributed by atoms with Crippen molar-refractivity contribution in [3.8, 4) is 17.2 Å². The standard InChI is InChI=1S/C17H17N5O3/c1-24-15-7-2-3-8-16(15)25-10-9-18-17(23)13-5-4-6-14(11-13)22-12-19-20-21-22/h2-8,11-12H,9-10H2,1H3,(H,18,23). The van der Waals surface area contributed by atoms with Gasteiger partial charge in [-0.15, -0.1) is 5.10 Å². The summed E-state index contributed by atoms with van der Waals surface area (Å²) >= 11 is 0. The molecule has 25 heavy (non-hydrogen) atoms. The first-order chi connectivity index (χ1) is 12.3. The van der Waals surface area contributed by atoms with Gasteiger partial charge in [0, 0.05) is 5.56 Å². The second kappa shape index (κ2) is 7.91. The zero-order valence-electron chi connectivity index (χ0n) is 13.6. The van der Waals surface area contributed by atoms with Crippen LogP contribution < -0.4 is 14.8 Å². The van der Waals surface area contributed by atoms with E-state index >= 15 is 0 Å². The summed E-state index contributed by atoms with van der Waals surface area (Å²) in [6.07, 6.45) is 1.47. The molecule has 2 aromatic carbocycles. The highest BCUT2D eigenvalue weighted by molar-refractivity contribution is 5.94. The molecule has 0 aliphatic carbocycles. The fourth-order valence-corrected chi connectivity index (χ4v) is 2.23.